The Bertz CT molecular complexity index is 686. The Hall–Kier alpha value is -2.43. The first kappa shape index (κ1) is 16.4. The maximum atomic E-state index is 12.3. The zero-order valence-corrected chi connectivity index (χ0v) is 14.3. The second-order valence-electron chi connectivity index (χ2n) is 6.50. The molecule has 1 aromatic heterocycles. The maximum absolute atomic E-state index is 12.3. The minimum absolute atomic E-state index is 0.131. The van der Waals surface area contributed by atoms with E-state index in [0.29, 0.717) is 11.5 Å². The molecule has 1 aliphatic rings. The summed E-state index contributed by atoms with van der Waals surface area (Å²) >= 11 is 0. The summed E-state index contributed by atoms with van der Waals surface area (Å²) in [4.78, 5) is 12.3. The fourth-order valence-electron chi connectivity index (χ4n) is 3.17. The van der Waals surface area contributed by atoms with Crippen LogP contribution in [-0.4, -0.2) is 22.1 Å². The van der Waals surface area contributed by atoms with E-state index in [1.807, 2.05) is 6.07 Å². The van der Waals surface area contributed by atoms with Gasteiger partial charge in [0, 0.05) is 11.7 Å². The number of nitrogens with one attached hydrogen (secondary N) is 2. The lowest BCUT2D eigenvalue weighted by Crippen LogP contribution is -2.36. The van der Waals surface area contributed by atoms with Gasteiger partial charge in [-0.3, -0.25) is 4.79 Å². The molecule has 0 spiro atoms. The van der Waals surface area contributed by atoms with Crippen LogP contribution in [0, 0.1) is 13.8 Å². The predicted molar refractivity (Wildman–Crippen MR) is 95.6 cm³/mol. The van der Waals surface area contributed by atoms with Crippen molar-refractivity contribution in [1.82, 2.24) is 15.5 Å². The fourth-order valence-corrected chi connectivity index (χ4v) is 3.17. The van der Waals surface area contributed by atoms with Crippen LogP contribution in [0.3, 0.4) is 0 Å². The SMILES string of the molecule is Cc1cccc(C)c1Nc1ccc(C(=O)NC2CCCCC2)nn1. The van der Waals surface area contributed by atoms with Crippen LogP contribution in [-0.2, 0) is 0 Å². The van der Waals surface area contributed by atoms with E-state index >= 15 is 0 Å². The van der Waals surface area contributed by atoms with Crippen molar-refractivity contribution in [3.63, 3.8) is 0 Å². The first-order valence-corrected chi connectivity index (χ1v) is 8.61. The number of amides is 1. The van der Waals surface area contributed by atoms with Crippen LogP contribution in [0.4, 0.5) is 11.5 Å². The number of benzene rings is 1. The minimum atomic E-state index is -0.131. The molecular formula is C19H24N4O. The summed E-state index contributed by atoms with van der Waals surface area (Å²) in [5.41, 5.74) is 3.70. The number of anilines is 2. The smallest absolute Gasteiger partial charge is 0.272 e. The minimum Gasteiger partial charge on any atom is -0.348 e. The number of aryl methyl sites for hydroxylation is 2. The predicted octanol–water partition coefficient (Wildman–Crippen LogP) is 3.90. The Balaban J connectivity index is 1.65. The van der Waals surface area contributed by atoms with Crippen molar-refractivity contribution in [2.45, 2.75) is 52.0 Å². The molecule has 1 heterocycles. The van der Waals surface area contributed by atoms with Crippen LogP contribution >= 0.6 is 0 Å². The van der Waals surface area contributed by atoms with Gasteiger partial charge < -0.3 is 10.6 Å². The molecule has 2 aromatic rings. The van der Waals surface area contributed by atoms with Crippen LogP contribution in [0.25, 0.3) is 0 Å². The average Bonchev–Trinajstić information content (AvgIpc) is 2.60. The molecule has 1 aromatic carbocycles. The summed E-state index contributed by atoms with van der Waals surface area (Å²) in [6.45, 7) is 4.10. The molecule has 0 saturated heterocycles. The first-order chi connectivity index (χ1) is 11.6. The number of para-hydroxylation sites is 1. The Morgan fingerprint density at radius 1 is 1.00 bits per heavy atom. The number of aromatic nitrogens is 2. The number of carbonyl (C=O) groups is 1. The lowest BCUT2D eigenvalue weighted by Gasteiger charge is -2.22. The van der Waals surface area contributed by atoms with E-state index in [0.717, 1.165) is 29.7 Å². The van der Waals surface area contributed by atoms with Crippen LogP contribution < -0.4 is 10.6 Å². The Morgan fingerprint density at radius 3 is 2.33 bits per heavy atom. The summed E-state index contributed by atoms with van der Waals surface area (Å²) in [7, 11) is 0. The zero-order chi connectivity index (χ0) is 16.9. The average molecular weight is 324 g/mol. The number of carbonyl (C=O) groups excluding carboxylic acids is 1. The Morgan fingerprint density at radius 2 is 1.71 bits per heavy atom. The molecule has 2 N–H and O–H groups in total. The van der Waals surface area contributed by atoms with E-state index in [1.165, 1.54) is 19.3 Å². The van der Waals surface area contributed by atoms with Crippen molar-refractivity contribution in [3.8, 4) is 0 Å². The normalized spacial score (nSPS) is 15.1. The molecule has 0 atom stereocenters. The van der Waals surface area contributed by atoms with Crippen molar-refractivity contribution in [3.05, 3.63) is 47.2 Å². The van der Waals surface area contributed by atoms with Gasteiger partial charge in [-0.1, -0.05) is 37.5 Å². The van der Waals surface area contributed by atoms with Crippen LogP contribution in [0.1, 0.15) is 53.7 Å². The molecule has 1 aliphatic carbocycles. The second-order valence-corrected chi connectivity index (χ2v) is 6.50. The summed E-state index contributed by atoms with van der Waals surface area (Å²) < 4.78 is 0. The lowest BCUT2D eigenvalue weighted by molar-refractivity contribution is 0.0921. The number of nitrogens with zero attached hydrogens (tertiary/aromatic N) is 2. The van der Waals surface area contributed by atoms with Crippen molar-refractivity contribution in [2.24, 2.45) is 0 Å². The molecule has 1 saturated carbocycles. The van der Waals surface area contributed by atoms with E-state index in [1.54, 1.807) is 12.1 Å². The van der Waals surface area contributed by atoms with E-state index in [4.69, 9.17) is 0 Å². The van der Waals surface area contributed by atoms with Gasteiger partial charge in [0.15, 0.2) is 11.5 Å². The largest absolute Gasteiger partial charge is 0.348 e. The van der Waals surface area contributed by atoms with E-state index in [2.05, 4.69) is 46.8 Å². The third-order valence-electron chi connectivity index (χ3n) is 4.57. The molecule has 0 radical (unpaired) electrons. The molecule has 1 amide bonds. The second kappa shape index (κ2) is 7.43. The molecule has 5 nitrogen and oxygen atoms in total. The molecule has 1 fully saturated rings. The maximum Gasteiger partial charge on any atom is 0.272 e. The molecule has 0 aliphatic heterocycles. The summed E-state index contributed by atoms with van der Waals surface area (Å²) in [5, 5.41) is 14.6. The highest BCUT2D eigenvalue weighted by atomic mass is 16.2. The zero-order valence-electron chi connectivity index (χ0n) is 14.3. The van der Waals surface area contributed by atoms with Gasteiger partial charge in [0.2, 0.25) is 0 Å². The van der Waals surface area contributed by atoms with Gasteiger partial charge in [-0.05, 0) is 49.9 Å². The van der Waals surface area contributed by atoms with Crippen molar-refractivity contribution >= 4 is 17.4 Å². The van der Waals surface area contributed by atoms with Crippen molar-refractivity contribution in [2.75, 3.05) is 5.32 Å². The van der Waals surface area contributed by atoms with Crippen LogP contribution in [0.2, 0.25) is 0 Å². The summed E-state index contributed by atoms with van der Waals surface area (Å²) in [6.07, 6.45) is 5.77. The van der Waals surface area contributed by atoms with Crippen molar-refractivity contribution in [1.29, 1.82) is 0 Å². The van der Waals surface area contributed by atoms with Gasteiger partial charge in [0.05, 0.1) is 0 Å². The van der Waals surface area contributed by atoms with Gasteiger partial charge in [-0.15, -0.1) is 10.2 Å². The number of hydrogen-bond donors (Lipinski definition) is 2. The highest BCUT2D eigenvalue weighted by Crippen LogP contribution is 2.23. The van der Waals surface area contributed by atoms with Crippen molar-refractivity contribution < 1.29 is 4.79 Å². The standard InChI is InChI=1S/C19H24N4O/c1-13-7-6-8-14(2)18(13)21-17-12-11-16(22-23-17)19(24)20-15-9-4-3-5-10-15/h6-8,11-12,15H,3-5,9-10H2,1-2H3,(H,20,24)(H,21,23). The summed E-state index contributed by atoms with van der Waals surface area (Å²) in [6, 6.07) is 9.93. The monoisotopic (exact) mass is 324 g/mol. The lowest BCUT2D eigenvalue weighted by atomic mass is 9.95. The van der Waals surface area contributed by atoms with E-state index in [-0.39, 0.29) is 11.9 Å². The van der Waals surface area contributed by atoms with Gasteiger partial charge in [-0.2, -0.15) is 0 Å². The van der Waals surface area contributed by atoms with Gasteiger partial charge in [-0.25, -0.2) is 0 Å². The molecule has 0 bridgehead atoms. The molecular weight excluding hydrogens is 300 g/mol. The molecule has 5 heteroatoms. The van der Waals surface area contributed by atoms with Gasteiger partial charge in [0.25, 0.3) is 5.91 Å². The fraction of sp³-hybridized carbons (Fsp3) is 0.421. The quantitative estimate of drug-likeness (QED) is 0.895. The van der Waals surface area contributed by atoms with Gasteiger partial charge in [0.1, 0.15) is 0 Å². The van der Waals surface area contributed by atoms with Crippen LogP contribution in [0.5, 0.6) is 0 Å². The Kier molecular flexibility index (Phi) is 5.08. The molecule has 3 rings (SSSR count). The third kappa shape index (κ3) is 3.91. The Labute approximate surface area is 142 Å². The molecule has 24 heavy (non-hydrogen) atoms. The number of rotatable bonds is 4. The molecule has 126 valence electrons. The first-order valence-electron chi connectivity index (χ1n) is 8.61. The third-order valence-corrected chi connectivity index (χ3v) is 4.57. The van der Waals surface area contributed by atoms with Gasteiger partial charge >= 0.3 is 0 Å². The topological polar surface area (TPSA) is 66.9 Å². The highest BCUT2D eigenvalue weighted by molar-refractivity contribution is 5.92. The number of hydrogen-bond acceptors (Lipinski definition) is 4. The van der Waals surface area contributed by atoms with E-state index < -0.39 is 0 Å². The molecule has 0 unspecified atom stereocenters. The van der Waals surface area contributed by atoms with Crippen LogP contribution in [0.15, 0.2) is 30.3 Å². The summed E-state index contributed by atoms with van der Waals surface area (Å²) in [5.74, 6) is 0.509. The van der Waals surface area contributed by atoms with E-state index in [9.17, 15) is 4.79 Å². The highest BCUT2D eigenvalue weighted by Gasteiger charge is 2.17.